The third-order valence-corrected chi connectivity index (χ3v) is 5.88. The maximum atomic E-state index is 14.4. The molecule has 2 heterocycles. The third-order valence-electron chi connectivity index (χ3n) is 5.59. The number of hydrogen-bond acceptors (Lipinski definition) is 8. The van der Waals surface area contributed by atoms with Crippen LogP contribution in [0.3, 0.4) is 0 Å². The van der Waals surface area contributed by atoms with Gasteiger partial charge in [0.15, 0.2) is 11.6 Å². The number of ether oxygens (including phenoxy) is 2. The smallest absolute Gasteiger partial charge is 0.195 e. The number of carbonyl (C=O) groups is 1. The highest BCUT2D eigenvalue weighted by atomic mass is 35.5. The number of likely N-dealkylation sites (N-methyl/N-ethyl adjacent to an activating group) is 1. The van der Waals surface area contributed by atoms with Crippen LogP contribution in [0.1, 0.15) is 11.3 Å². The molecule has 0 aliphatic carbocycles. The van der Waals surface area contributed by atoms with Crippen LogP contribution >= 0.6 is 11.6 Å². The Morgan fingerprint density at radius 3 is 2.66 bits per heavy atom. The molecule has 0 aliphatic heterocycles. The summed E-state index contributed by atoms with van der Waals surface area (Å²) in [5.41, 5.74) is 2.58. The molecule has 4 aromatic rings. The number of carbonyl (C=O) groups excluding carboxylic acids is 1. The number of rotatable bonds is 11. The Balaban J connectivity index is 1.56. The van der Waals surface area contributed by atoms with Gasteiger partial charge in [-0.1, -0.05) is 17.7 Å². The van der Waals surface area contributed by atoms with Crippen LogP contribution in [0.4, 0.5) is 15.9 Å². The number of fused-ring (bicyclic) bond motifs is 1. The maximum Gasteiger partial charge on any atom is 0.195 e. The first kappa shape index (κ1) is 27.0. The molecule has 0 saturated heterocycles. The van der Waals surface area contributed by atoms with Gasteiger partial charge in [-0.2, -0.15) is 0 Å². The van der Waals surface area contributed by atoms with Crippen molar-refractivity contribution in [2.45, 2.75) is 13.0 Å². The van der Waals surface area contributed by atoms with Crippen molar-refractivity contribution >= 4 is 39.8 Å². The second-order valence-electron chi connectivity index (χ2n) is 8.70. The molecule has 2 aromatic carbocycles. The lowest BCUT2D eigenvalue weighted by Gasteiger charge is -2.14. The van der Waals surface area contributed by atoms with E-state index in [1.807, 2.05) is 24.3 Å². The molecular weight excluding hydrogens is 509 g/mol. The quantitative estimate of drug-likeness (QED) is 0.251. The van der Waals surface area contributed by atoms with E-state index >= 15 is 0 Å². The van der Waals surface area contributed by atoms with E-state index in [-0.39, 0.29) is 13.0 Å². The van der Waals surface area contributed by atoms with Crippen molar-refractivity contribution in [3.63, 3.8) is 0 Å². The van der Waals surface area contributed by atoms with Gasteiger partial charge in [-0.25, -0.2) is 14.4 Å². The summed E-state index contributed by atoms with van der Waals surface area (Å²) in [5.74, 6) is 0.0271. The number of ketones is 1. The van der Waals surface area contributed by atoms with Crippen molar-refractivity contribution in [1.82, 2.24) is 19.9 Å². The number of methoxy groups -OCH3 is 1. The highest BCUT2D eigenvalue weighted by Gasteiger charge is 2.17. The molecule has 0 unspecified atom stereocenters. The molecule has 0 saturated carbocycles. The van der Waals surface area contributed by atoms with Crippen molar-refractivity contribution < 1.29 is 18.7 Å². The highest BCUT2D eigenvalue weighted by Crippen LogP contribution is 2.33. The molecule has 0 atom stereocenters. The summed E-state index contributed by atoms with van der Waals surface area (Å²) >= 11 is 6.46. The van der Waals surface area contributed by atoms with E-state index in [0.29, 0.717) is 51.0 Å². The number of benzene rings is 2. The second-order valence-corrected chi connectivity index (χ2v) is 9.10. The minimum Gasteiger partial charge on any atom is -0.496 e. The number of aromatic nitrogens is 3. The average Bonchev–Trinajstić information content (AvgIpc) is 2.91. The van der Waals surface area contributed by atoms with Crippen molar-refractivity contribution in [2.75, 3.05) is 33.1 Å². The normalized spacial score (nSPS) is 11.6. The average molecular weight is 536 g/mol. The first-order chi connectivity index (χ1) is 18.3. The second kappa shape index (κ2) is 12.4. The van der Waals surface area contributed by atoms with Gasteiger partial charge < -0.3 is 19.7 Å². The molecule has 10 heteroatoms. The van der Waals surface area contributed by atoms with Crippen molar-refractivity contribution in [2.24, 2.45) is 0 Å². The summed E-state index contributed by atoms with van der Waals surface area (Å²) in [7, 11) is 5.09. The zero-order valence-corrected chi connectivity index (χ0v) is 22.0. The van der Waals surface area contributed by atoms with E-state index in [1.165, 1.54) is 19.5 Å². The van der Waals surface area contributed by atoms with Crippen LogP contribution in [0, 0.1) is 0 Å². The van der Waals surface area contributed by atoms with Gasteiger partial charge in [-0.3, -0.25) is 9.78 Å². The molecule has 196 valence electrons. The summed E-state index contributed by atoms with van der Waals surface area (Å²) < 4.78 is 25.6. The number of Topliss-reactive ketones (excluding diaryl/α,β-unsaturated/α-hetero) is 1. The van der Waals surface area contributed by atoms with Crippen LogP contribution < -0.4 is 14.8 Å². The lowest BCUT2D eigenvalue weighted by molar-refractivity contribution is -0.116. The summed E-state index contributed by atoms with van der Waals surface area (Å²) in [4.78, 5) is 27.2. The van der Waals surface area contributed by atoms with E-state index in [9.17, 15) is 9.18 Å². The van der Waals surface area contributed by atoms with E-state index in [2.05, 4.69) is 20.3 Å². The number of anilines is 2. The van der Waals surface area contributed by atoms with E-state index in [0.717, 1.165) is 5.69 Å². The fraction of sp³-hybridized carbons (Fsp3) is 0.214. The summed E-state index contributed by atoms with van der Waals surface area (Å²) in [6.07, 6.45) is 4.22. The summed E-state index contributed by atoms with van der Waals surface area (Å²) in [5, 5.41) is 4.30. The van der Waals surface area contributed by atoms with Gasteiger partial charge >= 0.3 is 0 Å². The Labute approximate surface area is 225 Å². The van der Waals surface area contributed by atoms with Gasteiger partial charge in [0.1, 0.15) is 30.3 Å². The van der Waals surface area contributed by atoms with E-state index < -0.39 is 11.6 Å². The Morgan fingerprint density at radius 2 is 1.95 bits per heavy atom. The maximum absolute atomic E-state index is 14.4. The molecule has 4 rings (SSSR count). The molecule has 0 spiro atoms. The summed E-state index contributed by atoms with van der Waals surface area (Å²) in [6.45, 7) is 0.613. The van der Waals surface area contributed by atoms with E-state index in [1.54, 1.807) is 49.5 Å². The SMILES string of the molecule is COc1cc2ncnc(Nc3ccc(OCc4ccccn4)c(Cl)c3)c2cc1CC(=O)/C(F)=C\CN(C)C. The molecule has 1 N–H and O–H groups in total. The number of allylic oxidation sites excluding steroid dienone is 1. The third kappa shape index (κ3) is 6.81. The Hall–Kier alpha value is -4.08. The summed E-state index contributed by atoms with van der Waals surface area (Å²) in [6, 6.07) is 14.3. The van der Waals surface area contributed by atoms with Crippen LogP contribution in [0.15, 0.2) is 73.0 Å². The monoisotopic (exact) mass is 535 g/mol. The minimum atomic E-state index is -0.788. The molecule has 0 amide bonds. The highest BCUT2D eigenvalue weighted by molar-refractivity contribution is 6.32. The van der Waals surface area contributed by atoms with Gasteiger partial charge in [0.05, 0.1) is 23.3 Å². The number of nitrogens with one attached hydrogen (secondary N) is 1. The van der Waals surface area contributed by atoms with Crippen molar-refractivity contribution in [3.05, 3.63) is 89.2 Å². The predicted molar refractivity (Wildman–Crippen MR) is 146 cm³/mol. The fourth-order valence-corrected chi connectivity index (χ4v) is 3.89. The molecule has 38 heavy (non-hydrogen) atoms. The molecule has 8 nitrogen and oxygen atoms in total. The lowest BCUT2D eigenvalue weighted by Crippen LogP contribution is -2.13. The molecule has 0 bridgehead atoms. The molecule has 2 aromatic heterocycles. The first-order valence-corrected chi connectivity index (χ1v) is 12.2. The first-order valence-electron chi connectivity index (χ1n) is 11.8. The number of pyridine rings is 1. The molecule has 0 aliphatic rings. The zero-order chi connectivity index (χ0) is 27.1. The Morgan fingerprint density at radius 1 is 1.11 bits per heavy atom. The zero-order valence-electron chi connectivity index (χ0n) is 21.2. The molecular formula is C28H27ClFN5O3. The van der Waals surface area contributed by atoms with Gasteiger partial charge in [0.2, 0.25) is 0 Å². The molecule has 0 fully saturated rings. The fourth-order valence-electron chi connectivity index (χ4n) is 3.66. The largest absolute Gasteiger partial charge is 0.496 e. The lowest BCUT2D eigenvalue weighted by atomic mass is 10.0. The standard InChI is InChI=1S/C28H27ClFN5O3/c1-35(2)11-9-23(30)25(36)13-18-12-21-24(15-27(18)37-3)32-17-33-28(21)34-19-7-8-26(22(29)14-19)38-16-20-6-4-5-10-31-20/h4-10,12,14-15,17H,11,13,16H2,1-3H3,(H,32,33,34)/b23-9+. The van der Waals surface area contributed by atoms with Crippen molar-refractivity contribution in [1.29, 1.82) is 0 Å². The molecule has 0 radical (unpaired) electrons. The Kier molecular flexibility index (Phi) is 8.83. The van der Waals surface area contributed by atoms with Crippen LogP contribution in [0.25, 0.3) is 10.9 Å². The van der Waals surface area contributed by atoms with Gasteiger partial charge in [0.25, 0.3) is 0 Å². The predicted octanol–water partition coefficient (Wildman–Crippen LogP) is 5.54. The van der Waals surface area contributed by atoms with Crippen molar-refractivity contribution in [3.8, 4) is 11.5 Å². The Bertz CT molecular complexity index is 1460. The van der Waals surface area contributed by atoms with Crippen LogP contribution in [-0.4, -0.2) is 53.4 Å². The van der Waals surface area contributed by atoms with Crippen LogP contribution in [0.5, 0.6) is 11.5 Å². The number of halogens is 2. The topological polar surface area (TPSA) is 89.5 Å². The van der Waals surface area contributed by atoms with Gasteiger partial charge in [0, 0.05) is 41.9 Å². The van der Waals surface area contributed by atoms with Crippen LogP contribution in [-0.2, 0) is 17.8 Å². The van der Waals surface area contributed by atoms with Crippen LogP contribution in [0.2, 0.25) is 5.02 Å². The van der Waals surface area contributed by atoms with Gasteiger partial charge in [-0.05, 0) is 56.6 Å². The number of hydrogen-bond donors (Lipinski definition) is 1. The number of nitrogens with zero attached hydrogens (tertiary/aromatic N) is 4. The van der Waals surface area contributed by atoms with Gasteiger partial charge in [-0.15, -0.1) is 0 Å². The minimum absolute atomic E-state index is 0.169. The van der Waals surface area contributed by atoms with E-state index in [4.69, 9.17) is 21.1 Å².